The minimum atomic E-state index is -0.620. The molecule has 3 aromatic carbocycles. The van der Waals surface area contributed by atoms with Gasteiger partial charge in [0.05, 0.1) is 13.7 Å². The second-order valence-electron chi connectivity index (χ2n) is 9.92. The van der Waals surface area contributed by atoms with Crippen LogP contribution in [0.2, 0.25) is 0 Å². The van der Waals surface area contributed by atoms with Crippen LogP contribution in [-0.2, 0) is 22.6 Å². The average Bonchev–Trinajstić information content (AvgIpc) is 2.93. The van der Waals surface area contributed by atoms with Gasteiger partial charge in [0.25, 0.3) is 0 Å². The van der Waals surface area contributed by atoms with Crippen molar-refractivity contribution in [3.05, 3.63) is 95.6 Å². The number of methoxy groups -OCH3 is 1. The zero-order valence-corrected chi connectivity index (χ0v) is 23.0. The molecule has 0 spiro atoms. The minimum Gasteiger partial charge on any atom is -0.497 e. The van der Waals surface area contributed by atoms with E-state index in [0.29, 0.717) is 38.5 Å². The fraction of sp³-hybridized carbons (Fsp3) is 0.375. The highest BCUT2D eigenvalue weighted by Crippen LogP contribution is 2.20. The molecule has 1 N–H and O–H groups in total. The predicted octanol–water partition coefficient (Wildman–Crippen LogP) is 5.57. The highest BCUT2D eigenvalue weighted by molar-refractivity contribution is 5.88. The van der Waals surface area contributed by atoms with E-state index in [1.54, 1.807) is 12.0 Å². The minimum absolute atomic E-state index is 0.0628. The van der Waals surface area contributed by atoms with Gasteiger partial charge >= 0.3 is 0 Å². The molecule has 3 aromatic rings. The van der Waals surface area contributed by atoms with Crippen molar-refractivity contribution in [3.63, 3.8) is 0 Å². The fourth-order valence-electron chi connectivity index (χ4n) is 4.18. The molecule has 0 radical (unpaired) electrons. The van der Waals surface area contributed by atoms with Gasteiger partial charge < -0.3 is 19.7 Å². The predicted molar refractivity (Wildman–Crippen MR) is 151 cm³/mol. The summed E-state index contributed by atoms with van der Waals surface area (Å²) in [6.45, 7) is 7.49. The monoisotopic (exact) mass is 516 g/mol. The lowest BCUT2D eigenvalue weighted by molar-refractivity contribution is -0.141. The van der Waals surface area contributed by atoms with Crippen molar-refractivity contribution in [2.75, 3.05) is 20.3 Å². The molecule has 0 aliphatic heterocycles. The van der Waals surface area contributed by atoms with Crippen LogP contribution in [-0.4, -0.2) is 43.0 Å². The van der Waals surface area contributed by atoms with E-state index in [4.69, 9.17) is 9.47 Å². The molecule has 0 saturated heterocycles. The maximum atomic E-state index is 13.7. The molecule has 0 aliphatic carbocycles. The lowest BCUT2D eigenvalue weighted by atomic mass is 10.0. The van der Waals surface area contributed by atoms with Gasteiger partial charge in [-0.1, -0.05) is 68.4 Å². The number of amides is 2. The lowest BCUT2D eigenvalue weighted by Crippen LogP contribution is -2.51. The number of carbonyl (C=O) groups excluding carboxylic acids is 2. The summed E-state index contributed by atoms with van der Waals surface area (Å²) < 4.78 is 11.0. The first-order valence-electron chi connectivity index (χ1n) is 13.3. The molecule has 0 aromatic heterocycles. The molecule has 0 heterocycles. The van der Waals surface area contributed by atoms with E-state index in [-0.39, 0.29) is 18.2 Å². The third kappa shape index (κ3) is 8.94. The van der Waals surface area contributed by atoms with Gasteiger partial charge in [-0.3, -0.25) is 9.59 Å². The molecule has 0 saturated carbocycles. The lowest BCUT2D eigenvalue weighted by Gasteiger charge is -2.32. The number of hydrogen-bond acceptors (Lipinski definition) is 4. The van der Waals surface area contributed by atoms with Crippen molar-refractivity contribution in [2.24, 2.45) is 5.92 Å². The Balaban J connectivity index is 1.77. The van der Waals surface area contributed by atoms with Crippen LogP contribution in [0, 0.1) is 12.8 Å². The maximum Gasteiger partial charge on any atom is 0.243 e. The van der Waals surface area contributed by atoms with Gasteiger partial charge in [-0.05, 0) is 60.2 Å². The summed E-state index contributed by atoms with van der Waals surface area (Å²) >= 11 is 0. The topological polar surface area (TPSA) is 67.9 Å². The second kappa shape index (κ2) is 14.8. The first kappa shape index (κ1) is 28.8. The van der Waals surface area contributed by atoms with Crippen molar-refractivity contribution in [2.45, 2.75) is 52.6 Å². The van der Waals surface area contributed by atoms with Gasteiger partial charge in [0.15, 0.2) is 0 Å². The Morgan fingerprint density at radius 1 is 0.895 bits per heavy atom. The van der Waals surface area contributed by atoms with Crippen molar-refractivity contribution in [1.29, 1.82) is 0 Å². The molecule has 2 amide bonds. The SMILES string of the molecule is COc1ccc(OCCCC(=O)N(Cc2ccccc2C)[C@@H](Cc2ccccc2)C(=O)NCC(C)C)cc1. The number of benzene rings is 3. The Kier molecular flexibility index (Phi) is 11.2. The number of aryl methyl sites for hydroxylation is 1. The molecule has 0 aliphatic rings. The molecule has 0 fully saturated rings. The molecule has 3 rings (SSSR count). The van der Waals surface area contributed by atoms with Crippen LogP contribution in [0.3, 0.4) is 0 Å². The number of carbonyl (C=O) groups is 2. The smallest absolute Gasteiger partial charge is 0.243 e. The summed E-state index contributed by atoms with van der Waals surface area (Å²) in [5, 5.41) is 3.07. The summed E-state index contributed by atoms with van der Waals surface area (Å²) in [5.41, 5.74) is 3.14. The number of ether oxygens (including phenoxy) is 2. The Morgan fingerprint density at radius 2 is 1.55 bits per heavy atom. The summed E-state index contributed by atoms with van der Waals surface area (Å²) in [4.78, 5) is 29.0. The quantitative estimate of drug-likeness (QED) is 0.284. The van der Waals surface area contributed by atoms with Gasteiger partial charge in [0.2, 0.25) is 11.8 Å². The Bertz CT molecular complexity index is 1150. The molecule has 6 nitrogen and oxygen atoms in total. The normalized spacial score (nSPS) is 11.6. The standard InChI is InChI=1S/C32H40N2O4/c1-24(2)22-33-32(36)30(21-26-12-6-5-7-13-26)34(23-27-14-9-8-11-25(27)3)31(35)15-10-20-38-29-18-16-28(37-4)17-19-29/h5-9,11-14,16-19,24,30H,10,15,20-23H2,1-4H3,(H,33,36)/t30-/m0/s1. The first-order chi connectivity index (χ1) is 18.4. The van der Waals surface area contributed by atoms with E-state index in [0.717, 1.165) is 28.2 Å². The van der Waals surface area contributed by atoms with Gasteiger partial charge in [0.1, 0.15) is 17.5 Å². The first-order valence-corrected chi connectivity index (χ1v) is 13.3. The van der Waals surface area contributed by atoms with Crippen molar-refractivity contribution in [3.8, 4) is 11.5 Å². The summed E-state index contributed by atoms with van der Waals surface area (Å²) in [7, 11) is 1.62. The number of rotatable bonds is 14. The average molecular weight is 517 g/mol. The fourth-order valence-corrected chi connectivity index (χ4v) is 4.18. The van der Waals surface area contributed by atoms with E-state index in [9.17, 15) is 9.59 Å². The van der Waals surface area contributed by atoms with E-state index in [2.05, 4.69) is 19.2 Å². The van der Waals surface area contributed by atoms with Crippen LogP contribution in [0.15, 0.2) is 78.9 Å². The summed E-state index contributed by atoms with van der Waals surface area (Å²) in [6, 6.07) is 24.6. The number of hydrogen-bond donors (Lipinski definition) is 1. The van der Waals surface area contributed by atoms with Crippen LogP contribution in [0.25, 0.3) is 0 Å². The number of nitrogens with one attached hydrogen (secondary N) is 1. The molecule has 202 valence electrons. The van der Waals surface area contributed by atoms with Crippen LogP contribution >= 0.6 is 0 Å². The van der Waals surface area contributed by atoms with Crippen LogP contribution in [0.5, 0.6) is 11.5 Å². The van der Waals surface area contributed by atoms with E-state index in [1.807, 2.05) is 85.8 Å². The second-order valence-corrected chi connectivity index (χ2v) is 9.92. The van der Waals surface area contributed by atoms with E-state index < -0.39 is 6.04 Å². The molecule has 0 bridgehead atoms. The largest absolute Gasteiger partial charge is 0.497 e. The highest BCUT2D eigenvalue weighted by atomic mass is 16.5. The van der Waals surface area contributed by atoms with Crippen LogP contribution < -0.4 is 14.8 Å². The Hall–Kier alpha value is -3.80. The molecule has 1 atom stereocenters. The third-order valence-corrected chi connectivity index (χ3v) is 6.42. The number of nitrogens with zero attached hydrogens (tertiary/aromatic N) is 1. The Morgan fingerprint density at radius 3 is 2.21 bits per heavy atom. The van der Waals surface area contributed by atoms with E-state index >= 15 is 0 Å². The third-order valence-electron chi connectivity index (χ3n) is 6.42. The maximum absolute atomic E-state index is 13.7. The van der Waals surface area contributed by atoms with Gasteiger partial charge in [-0.2, -0.15) is 0 Å². The molecular weight excluding hydrogens is 476 g/mol. The zero-order chi connectivity index (χ0) is 27.3. The van der Waals surface area contributed by atoms with Crippen LogP contribution in [0.1, 0.15) is 43.4 Å². The Labute approximate surface area is 227 Å². The molecule has 0 unspecified atom stereocenters. The van der Waals surface area contributed by atoms with Crippen molar-refractivity contribution < 1.29 is 19.1 Å². The van der Waals surface area contributed by atoms with Gasteiger partial charge in [-0.15, -0.1) is 0 Å². The summed E-state index contributed by atoms with van der Waals surface area (Å²) in [5.74, 6) is 1.61. The zero-order valence-electron chi connectivity index (χ0n) is 23.0. The van der Waals surface area contributed by atoms with Crippen molar-refractivity contribution >= 4 is 11.8 Å². The molecule has 6 heteroatoms. The van der Waals surface area contributed by atoms with Gasteiger partial charge in [-0.25, -0.2) is 0 Å². The highest BCUT2D eigenvalue weighted by Gasteiger charge is 2.30. The molecule has 38 heavy (non-hydrogen) atoms. The molecular formula is C32H40N2O4. The van der Waals surface area contributed by atoms with Crippen LogP contribution in [0.4, 0.5) is 0 Å². The van der Waals surface area contributed by atoms with E-state index in [1.165, 1.54) is 0 Å². The van der Waals surface area contributed by atoms with Crippen molar-refractivity contribution in [1.82, 2.24) is 10.2 Å². The van der Waals surface area contributed by atoms with Gasteiger partial charge in [0, 0.05) is 25.9 Å². The summed E-state index contributed by atoms with van der Waals surface area (Å²) in [6.07, 6.45) is 1.27.